The first-order valence-corrected chi connectivity index (χ1v) is 7.54. The number of benzene rings is 2. The summed E-state index contributed by atoms with van der Waals surface area (Å²) in [5, 5.41) is 28.5. The first kappa shape index (κ1) is 15.8. The zero-order valence-corrected chi connectivity index (χ0v) is 12.5. The molecule has 0 spiro atoms. The van der Waals surface area contributed by atoms with E-state index in [0.717, 1.165) is 11.0 Å². The number of pyridine rings is 1. The Hall–Kier alpha value is -2.05. The van der Waals surface area contributed by atoms with Crippen molar-refractivity contribution in [3.63, 3.8) is 0 Å². The van der Waals surface area contributed by atoms with Gasteiger partial charge in [-0.15, -0.1) is 0 Å². The van der Waals surface area contributed by atoms with Gasteiger partial charge in [0.2, 0.25) is 0 Å². The lowest BCUT2D eigenvalue weighted by Crippen LogP contribution is -2.24. The summed E-state index contributed by atoms with van der Waals surface area (Å²) >= 11 is 0. The molecule has 2 aromatic carbocycles. The molecule has 1 unspecified atom stereocenters. The summed E-state index contributed by atoms with van der Waals surface area (Å²) in [4.78, 5) is 4.58. The smallest absolute Gasteiger partial charge is 0.157 e. The number of fused-ring (bicyclic) bond motifs is 2. The lowest BCUT2D eigenvalue weighted by atomic mass is 10.1. The van der Waals surface area contributed by atoms with Crippen molar-refractivity contribution in [2.75, 3.05) is 6.61 Å². The highest BCUT2D eigenvalue weighted by Gasteiger charge is 2.31. The molecule has 1 aliphatic rings. The van der Waals surface area contributed by atoms with Crippen LogP contribution in [-0.4, -0.2) is 45.4 Å². The first-order valence-electron chi connectivity index (χ1n) is 7.54. The Kier molecular flexibility index (Phi) is 4.83. The summed E-state index contributed by atoms with van der Waals surface area (Å²) in [6, 6.07) is 18.6. The maximum atomic E-state index is 8.91. The highest BCUT2D eigenvalue weighted by molar-refractivity contribution is 5.92. The Labute approximate surface area is 133 Å². The van der Waals surface area contributed by atoms with Gasteiger partial charge >= 0.3 is 0 Å². The second-order valence-electron chi connectivity index (χ2n) is 5.49. The van der Waals surface area contributed by atoms with Gasteiger partial charge in [-0.2, -0.15) is 0 Å². The van der Waals surface area contributed by atoms with Crippen LogP contribution in [0.15, 0.2) is 54.6 Å². The number of ether oxygens (including phenoxy) is 1. The lowest BCUT2D eigenvalue weighted by molar-refractivity contribution is -0.107. The molecule has 120 valence electrons. The Morgan fingerprint density at radius 3 is 1.96 bits per heavy atom. The van der Waals surface area contributed by atoms with E-state index >= 15 is 0 Å². The van der Waals surface area contributed by atoms with Crippen LogP contribution >= 0.6 is 0 Å². The fourth-order valence-corrected chi connectivity index (χ4v) is 2.59. The number of aliphatic hydroxyl groups excluding tert-OH is 3. The van der Waals surface area contributed by atoms with E-state index in [9.17, 15) is 0 Å². The van der Waals surface area contributed by atoms with Gasteiger partial charge < -0.3 is 20.1 Å². The van der Waals surface area contributed by atoms with Crippen LogP contribution in [0, 0.1) is 0 Å². The van der Waals surface area contributed by atoms with Crippen molar-refractivity contribution in [1.29, 1.82) is 0 Å². The number of para-hydroxylation sites is 2. The van der Waals surface area contributed by atoms with Crippen molar-refractivity contribution >= 4 is 21.8 Å². The fraction of sp³-hybridized carbons (Fsp3) is 0.278. The van der Waals surface area contributed by atoms with Gasteiger partial charge in [0.1, 0.15) is 6.10 Å². The van der Waals surface area contributed by atoms with E-state index < -0.39 is 18.5 Å². The third-order valence-electron chi connectivity index (χ3n) is 3.81. The maximum Gasteiger partial charge on any atom is 0.157 e. The van der Waals surface area contributed by atoms with Gasteiger partial charge in [0.05, 0.1) is 23.7 Å². The third kappa shape index (κ3) is 3.65. The minimum atomic E-state index is -0.905. The number of aromatic nitrogens is 1. The molecule has 5 heteroatoms. The molecular formula is C18H19NO4. The van der Waals surface area contributed by atoms with E-state index in [2.05, 4.69) is 27.9 Å². The van der Waals surface area contributed by atoms with Crippen LogP contribution in [0.4, 0.5) is 0 Å². The molecule has 3 atom stereocenters. The van der Waals surface area contributed by atoms with Gasteiger partial charge in [0.25, 0.3) is 0 Å². The van der Waals surface area contributed by atoms with Gasteiger partial charge in [0, 0.05) is 17.2 Å². The van der Waals surface area contributed by atoms with E-state index in [1.807, 2.05) is 36.4 Å². The summed E-state index contributed by atoms with van der Waals surface area (Å²) in [5.74, 6) is 0. The molecular weight excluding hydrogens is 294 g/mol. The predicted molar refractivity (Wildman–Crippen MR) is 87.8 cm³/mol. The van der Waals surface area contributed by atoms with E-state index in [0.29, 0.717) is 0 Å². The Balaban J connectivity index is 0.000000151. The number of hydrogen-bond acceptors (Lipinski definition) is 5. The molecule has 1 aliphatic heterocycles. The van der Waals surface area contributed by atoms with Crippen molar-refractivity contribution < 1.29 is 20.1 Å². The third-order valence-corrected chi connectivity index (χ3v) is 3.81. The van der Waals surface area contributed by atoms with Crippen LogP contribution in [0.25, 0.3) is 21.8 Å². The van der Waals surface area contributed by atoms with Gasteiger partial charge in [-0.25, -0.2) is 4.98 Å². The number of aliphatic hydroxyl groups is 3. The average molecular weight is 313 g/mol. The Morgan fingerprint density at radius 2 is 1.52 bits per heavy atom. The topological polar surface area (TPSA) is 82.8 Å². The van der Waals surface area contributed by atoms with Crippen molar-refractivity contribution in [1.82, 2.24) is 4.98 Å². The summed E-state index contributed by atoms with van der Waals surface area (Å²) in [5.41, 5.74) is 2.12. The quantitative estimate of drug-likeness (QED) is 0.597. The molecule has 0 saturated carbocycles. The van der Waals surface area contributed by atoms with Crippen LogP contribution in [0.1, 0.15) is 6.42 Å². The zero-order valence-electron chi connectivity index (χ0n) is 12.5. The van der Waals surface area contributed by atoms with Crippen LogP contribution in [-0.2, 0) is 4.74 Å². The number of rotatable bonds is 1. The second kappa shape index (κ2) is 7.02. The summed E-state index contributed by atoms with van der Waals surface area (Å²) < 4.78 is 4.68. The van der Waals surface area contributed by atoms with Crippen molar-refractivity contribution in [2.24, 2.45) is 0 Å². The molecule has 2 heterocycles. The Bertz CT molecular complexity index is 687. The van der Waals surface area contributed by atoms with Crippen LogP contribution in [0.5, 0.6) is 0 Å². The molecule has 0 amide bonds. The first-order chi connectivity index (χ1) is 11.2. The molecule has 4 rings (SSSR count). The Morgan fingerprint density at radius 1 is 0.957 bits per heavy atom. The SMILES string of the molecule is OC[C@H]1OC(O)C[C@@H]1O.c1ccc2nc3ccccc3cc2c1. The van der Waals surface area contributed by atoms with Crippen molar-refractivity contribution in [3.8, 4) is 0 Å². The fourth-order valence-electron chi connectivity index (χ4n) is 2.59. The molecule has 0 bridgehead atoms. The monoisotopic (exact) mass is 313 g/mol. The summed E-state index contributed by atoms with van der Waals surface area (Å²) in [7, 11) is 0. The van der Waals surface area contributed by atoms with Gasteiger partial charge in [-0.05, 0) is 18.2 Å². The van der Waals surface area contributed by atoms with Crippen molar-refractivity contribution in [3.05, 3.63) is 54.6 Å². The van der Waals surface area contributed by atoms with Gasteiger partial charge in [0.15, 0.2) is 6.29 Å². The van der Waals surface area contributed by atoms with E-state index in [1.54, 1.807) is 0 Å². The minimum absolute atomic E-state index is 0.200. The van der Waals surface area contributed by atoms with Crippen LogP contribution in [0.3, 0.4) is 0 Å². The lowest BCUT2D eigenvalue weighted by Gasteiger charge is -2.08. The summed E-state index contributed by atoms with van der Waals surface area (Å²) in [6.45, 7) is -0.238. The molecule has 3 N–H and O–H groups in total. The van der Waals surface area contributed by atoms with E-state index in [1.165, 1.54) is 10.8 Å². The zero-order chi connectivity index (χ0) is 16.2. The maximum absolute atomic E-state index is 8.91. The normalized spacial score (nSPS) is 23.7. The highest BCUT2D eigenvalue weighted by Crippen LogP contribution is 2.19. The molecule has 23 heavy (non-hydrogen) atoms. The minimum Gasteiger partial charge on any atom is -0.394 e. The molecule has 3 aromatic rings. The van der Waals surface area contributed by atoms with E-state index in [4.69, 9.17) is 15.3 Å². The largest absolute Gasteiger partial charge is 0.394 e. The molecule has 1 fully saturated rings. The average Bonchev–Trinajstić information content (AvgIpc) is 2.91. The van der Waals surface area contributed by atoms with Gasteiger partial charge in [-0.1, -0.05) is 36.4 Å². The molecule has 1 saturated heterocycles. The van der Waals surface area contributed by atoms with Crippen molar-refractivity contribution in [2.45, 2.75) is 24.9 Å². The number of nitrogens with zero attached hydrogens (tertiary/aromatic N) is 1. The van der Waals surface area contributed by atoms with Gasteiger partial charge in [-0.3, -0.25) is 0 Å². The van der Waals surface area contributed by atoms with E-state index in [-0.39, 0.29) is 13.0 Å². The predicted octanol–water partition coefficient (Wildman–Crippen LogP) is 1.83. The second-order valence-corrected chi connectivity index (χ2v) is 5.49. The molecule has 1 aromatic heterocycles. The summed E-state index contributed by atoms with van der Waals surface area (Å²) in [6.07, 6.45) is -2.02. The van der Waals surface area contributed by atoms with Crippen LogP contribution in [0.2, 0.25) is 0 Å². The highest BCUT2D eigenvalue weighted by atomic mass is 16.6. The molecule has 5 nitrogen and oxygen atoms in total. The number of hydrogen-bond donors (Lipinski definition) is 3. The molecule has 0 radical (unpaired) electrons. The van der Waals surface area contributed by atoms with Crippen LogP contribution < -0.4 is 0 Å². The molecule has 0 aliphatic carbocycles. The standard InChI is InChI=1S/C13H9N.C5H10O4/c1-3-7-12-10(5-1)9-11-6-2-4-8-13(11)14-12;6-2-4-3(7)1-5(8)9-4/h1-9H;3-8H,1-2H2/t;3-,4+,5?/m.0/s1.